The van der Waals surface area contributed by atoms with Crippen molar-refractivity contribution in [1.82, 2.24) is 0 Å². The van der Waals surface area contributed by atoms with Gasteiger partial charge in [0.2, 0.25) is 0 Å². The van der Waals surface area contributed by atoms with Crippen LogP contribution in [0.3, 0.4) is 0 Å². The first-order chi connectivity index (χ1) is 11.4. The Kier molecular flexibility index (Phi) is 14.3. The van der Waals surface area contributed by atoms with Crippen LogP contribution in [0.15, 0.2) is 78.9 Å². The molecule has 0 aromatic heterocycles. The molecule has 3 aromatic carbocycles. The second-order valence-corrected chi connectivity index (χ2v) is 6.63. The van der Waals surface area contributed by atoms with Gasteiger partial charge in [-0.2, -0.15) is 17.7 Å². The number of benzene rings is 1. The summed E-state index contributed by atoms with van der Waals surface area (Å²) in [5.41, 5.74) is 2.62. The number of carbonyl (C=O) groups excluding carboxylic acids is 1. The molecule has 0 heterocycles. The Morgan fingerprint density at radius 1 is 0.926 bits per heavy atom. The molecule has 0 aliphatic carbocycles. The van der Waals surface area contributed by atoms with E-state index in [0.29, 0.717) is 5.56 Å². The van der Waals surface area contributed by atoms with Gasteiger partial charge in [-0.3, -0.25) is 0 Å². The summed E-state index contributed by atoms with van der Waals surface area (Å²) in [6.07, 6.45) is 0.890. The maximum absolute atomic E-state index is 11.9. The van der Waals surface area contributed by atoms with Crippen molar-refractivity contribution in [2.24, 2.45) is 0 Å². The van der Waals surface area contributed by atoms with E-state index in [1.807, 2.05) is 87.5 Å². The second-order valence-electron chi connectivity index (χ2n) is 6.63. The third kappa shape index (κ3) is 11.2. The largest absolute Gasteiger partial charge is 0.748 e. The normalized spacial score (nSPS) is 9.44. The third-order valence-electron chi connectivity index (χ3n) is 3.28. The van der Waals surface area contributed by atoms with Gasteiger partial charge in [0.05, 0.1) is 5.56 Å². The molecule has 0 N–H and O–H groups in total. The van der Waals surface area contributed by atoms with Crippen molar-refractivity contribution in [1.29, 1.82) is 0 Å². The molecule has 150 valence electrons. The van der Waals surface area contributed by atoms with Crippen molar-refractivity contribution in [2.75, 3.05) is 0 Å². The molecule has 0 aliphatic rings. The molecule has 0 radical (unpaired) electrons. The maximum Gasteiger partial charge on any atom is 0.338 e. The van der Waals surface area contributed by atoms with E-state index >= 15 is 0 Å². The smallest absolute Gasteiger partial charge is 0.338 e. The van der Waals surface area contributed by atoms with Crippen LogP contribution in [0.1, 0.15) is 42.3 Å². The molecule has 3 aromatic rings. The van der Waals surface area contributed by atoms with Gasteiger partial charge in [0.1, 0.15) is 5.60 Å². The standard InChI is InChI=1S/C17H19O2.C5H5.2ClH.Ti/c1-17(2,3)19-16(18)15-10-8-14(9-11-15)12-13-6-4-5-7-13;1-2-4-5-3-1;;;/h4-11H,12H2,1-3H3;1-5H;2*1H;/q-1;-5;;;. The maximum atomic E-state index is 11.9. The molecule has 3 rings (SSSR count). The Bertz CT molecular complexity index is 696. The molecule has 27 heavy (non-hydrogen) atoms. The molecule has 0 amide bonds. The van der Waals surface area contributed by atoms with Gasteiger partial charge in [-0.15, -0.1) is 24.8 Å². The van der Waals surface area contributed by atoms with E-state index in [-0.39, 0.29) is 52.5 Å². The predicted octanol–water partition coefficient (Wildman–Crippen LogP) is 6.20. The number of halogens is 2. The summed E-state index contributed by atoms with van der Waals surface area (Å²) in [5, 5.41) is 0. The molecule has 5 heteroatoms. The van der Waals surface area contributed by atoms with Crippen molar-refractivity contribution in [3.8, 4) is 0 Å². The molecule has 0 unspecified atom stereocenters. The van der Waals surface area contributed by atoms with Crippen LogP contribution in [0, 0.1) is 0 Å². The van der Waals surface area contributed by atoms with Gasteiger partial charge in [0.25, 0.3) is 0 Å². The van der Waals surface area contributed by atoms with E-state index in [1.54, 1.807) is 0 Å². The summed E-state index contributed by atoms with van der Waals surface area (Å²) >= 11 is 0. The number of hydrogen-bond donors (Lipinski definition) is 0. The molecule has 0 aliphatic heterocycles. The minimum Gasteiger partial charge on any atom is -0.748 e. The van der Waals surface area contributed by atoms with Gasteiger partial charge in [-0.25, -0.2) is 16.9 Å². The Morgan fingerprint density at radius 3 is 1.78 bits per heavy atom. The fraction of sp³-hybridized carbons (Fsp3) is 0.227. The molecular weight excluding hydrogens is 415 g/mol. The van der Waals surface area contributed by atoms with Crippen molar-refractivity contribution in [3.05, 3.63) is 95.6 Å². The minimum absolute atomic E-state index is 0. The third-order valence-corrected chi connectivity index (χ3v) is 3.28. The van der Waals surface area contributed by atoms with Crippen molar-refractivity contribution < 1.29 is 31.2 Å². The summed E-state index contributed by atoms with van der Waals surface area (Å²) in [6.45, 7) is 5.61. The van der Waals surface area contributed by atoms with E-state index in [4.69, 9.17) is 4.74 Å². The molecule has 0 spiro atoms. The summed E-state index contributed by atoms with van der Waals surface area (Å²) < 4.78 is 5.33. The van der Waals surface area contributed by atoms with Crippen molar-refractivity contribution in [3.63, 3.8) is 0 Å². The SMILES string of the molecule is CC(C)(C)OC(=O)c1ccc(C[c-]2cccc2)cc1.Cl.Cl.[Ti].[cH-]1[cH-][cH-][cH-][cH-]1. The van der Waals surface area contributed by atoms with Gasteiger partial charge in [0.15, 0.2) is 0 Å². The Morgan fingerprint density at radius 2 is 1.37 bits per heavy atom. The summed E-state index contributed by atoms with van der Waals surface area (Å²) in [6, 6.07) is 25.9. The van der Waals surface area contributed by atoms with Crippen LogP contribution in [-0.4, -0.2) is 11.6 Å². The fourth-order valence-corrected chi connectivity index (χ4v) is 2.18. The van der Waals surface area contributed by atoms with Crippen LogP contribution in [0.25, 0.3) is 0 Å². The molecule has 0 saturated heterocycles. The van der Waals surface area contributed by atoms with Crippen LogP contribution in [0.2, 0.25) is 0 Å². The summed E-state index contributed by atoms with van der Waals surface area (Å²) in [7, 11) is 0. The van der Waals surface area contributed by atoms with Crippen LogP contribution in [-0.2, 0) is 32.9 Å². The van der Waals surface area contributed by atoms with Gasteiger partial charge in [-0.05, 0) is 39.3 Å². The zero-order valence-corrected chi connectivity index (χ0v) is 19.0. The van der Waals surface area contributed by atoms with Crippen LogP contribution in [0.4, 0.5) is 0 Å². The summed E-state index contributed by atoms with van der Waals surface area (Å²) in [4.78, 5) is 11.9. The first kappa shape index (κ1) is 27.9. The van der Waals surface area contributed by atoms with E-state index in [1.165, 1.54) is 11.1 Å². The monoisotopic (exact) mass is 440 g/mol. The molecule has 0 bridgehead atoms. The van der Waals surface area contributed by atoms with Crippen LogP contribution in [0.5, 0.6) is 0 Å². The summed E-state index contributed by atoms with van der Waals surface area (Å²) in [5.74, 6) is -0.271. The zero-order valence-electron chi connectivity index (χ0n) is 15.8. The van der Waals surface area contributed by atoms with Gasteiger partial charge in [0, 0.05) is 21.7 Å². The first-order valence-corrected chi connectivity index (χ1v) is 8.13. The van der Waals surface area contributed by atoms with E-state index in [2.05, 4.69) is 12.1 Å². The molecule has 0 saturated carbocycles. The van der Waals surface area contributed by atoms with Crippen molar-refractivity contribution >= 4 is 30.8 Å². The van der Waals surface area contributed by atoms with Gasteiger partial charge >= 0.3 is 5.97 Å². The zero-order chi connectivity index (χ0) is 17.4. The quantitative estimate of drug-likeness (QED) is 0.275. The van der Waals surface area contributed by atoms with Crippen LogP contribution < -0.4 is 0 Å². The van der Waals surface area contributed by atoms with Gasteiger partial charge < -0.3 is 35.1 Å². The first-order valence-electron chi connectivity index (χ1n) is 8.13. The number of carbonyl (C=O) groups is 1. The average Bonchev–Trinajstić information content (AvgIpc) is 3.22. The van der Waals surface area contributed by atoms with E-state index in [9.17, 15) is 4.79 Å². The molecule has 0 fully saturated rings. The fourth-order valence-electron chi connectivity index (χ4n) is 2.18. The number of ether oxygens (including phenoxy) is 1. The van der Waals surface area contributed by atoms with Crippen molar-refractivity contribution in [2.45, 2.75) is 32.8 Å². The van der Waals surface area contributed by atoms with E-state index in [0.717, 1.165) is 6.42 Å². The minimum atomic E-state index is -0.453. The molecular formula is C22H26Cl2O2Ti-6. The van der Waals surface area contributed by atoms with E-state index < -0.39 is 5.60 Å². The Balaban J connectivity index is 0. The average molecular weight is 441 g/mol. The Labute approximate surface area is 189 Å². The Hall–Kier alpha value is -1.32. The van der Waals surface area contributed by atoms with Gasteiger partial charge in [-0.1, -0.05) is 17.7 Å². The number of esters is 1. The number of rotatable bonds is 3. The molecule has 2 nitrogen and oxygen atoms in total. The second kappa shape index (κ2) is 13.8. The molecule has 0 atom stereocenters. The topological polar surface area (TPSA) is 26.3 Å². The predicted molar refractivity (Wildman–Crippen MR) is 113 cm³/mol. The number of hydrogen-bond acceptors (Lipinski definition) is 2. The van der Waals surface area contributed by atoms with Crippen LogP contribution >= 0.6 is 24.8 Å².